The van der Waals surface area contributed by atoms with Crippen LogP contribution >= 0.6 is 0 Å². The van der Waals surface area contributed by atoms with Crippen molar-refractivity contribution in [2.45, 2.75) is 52.4 Å². The molecule has 100 valence electrons. The van der Waals surface area contributed by atoms with E-state index >= 15 is 0 Å². The average molecular weight is 252 g/mol. The zero-order chi connectivity index (χ0) is 14.1. The molecular formula is C14H20O4. The second-order valence-corrected chi connectivity index (χ2v) is 5.40. The number of carbonyl (C=O) groups excluding carboxylic acids is 1. The highest BCUT2D eigenvalue weighted by atomic mass is 16.4. The zero-order valence-electron chi connectivity index (χ0n) is 11.5. The highest BCUT2D eigenvalue weighted by Gasteiger charge is 2.34. The fourth-order valence-corrected chi connectivity index (χ4v) is 1.86. The fourth-order valence-electron chi connectivity index (χ4n) is 1.86. The first kappa shape index (κ1) is 14.5. The van der Waals surface area contributed by atoms with Gasteiger partial charge in [0.1, 0.15) is 17.1 Å². The molecule has 0 aliphatic carbocycles. The first-order valence-corrected chi connectivity index (χ1v) is 6.11. The largest absolute Gasteiger partial charge is 0.478 e. The van der Waals surface area contributed by atoms with E-state index in [4.69, 9.17) is 4.42 Å². The van der Waals surface area contributed by atoms with Gasteiger partial charge >= 0.3 is 5.97 Å². The molecule has 4 heteroatoms. The minimum atomic E-state index is -1.11. The Bertz CT molecular complexity index is 466. The van der Waals surface area contributed by atoms with Crippen LogP contribution in [0.1, 0.15) is 79.2 Å². The summed E-state index contributed by atoms with van der Waals surface area (Å²) in [5, 5.41) is 9.31. The summed E-state index contributed by atoms with van der Waals surface area (Å²) in [6.45, 7) is 9.54. The highest BCUT2D eigenvalue weighted by Crippen LogP contribution is 2.36. The van der Waals surface area contributed by atoms with Crippen LogP contribution in [0.2, 0.25) is 0 Å². The highest BCUT2D eigenvalue weighted by molar-refractivity contribution is 5.99. The number of furan rings is 1. The van der Waals surface area contributed by atoms with Gasteiger partial charge in [-0.05, 0) is 6.42 Å². The Labute approximate surface area is 107 Å². The van der Waals surface area contributed by atoms with Gasteiger partial charge in [0.25, 0.3) is 0 Å². The Balaban J connectivity index is 3.62. The van der Waals surface area contributed by atoms with E-state index in [1.165, 1.54) is 0 Å². The van der Waals surface area contributed by atoms with Crippen molar-refractivity contribution in [2.24, 2.45) is 0 Å². The van der Waals surface area contributed by atoms with Crippen molar-refractivity contribution in [3.05, 3.63) is 22.6 Å². The summed E-state index contributed by atoms with van der Waals surface area (Å²) in [5.74, 6) is -0.281. The predicted molar refractivity (Wildman–Crippen MR) is 68.5 cm³/mol. The summed E-state index contributed by atoms with van der Waals surface area (Å²) in [4.78, 5) is 22.5. The number of aldehydes is 1. The topological polar surface area (TPSA) is 67.5 Å². The number of rotatable bonds is 5. The van der Waals surface area contributed by atoms with Crippen LogP contribution in [0.15, 0.2) is 4.42 Å². The summed E-state index contributed by atoms with van der Waals surface area (Å²) in [6, 6.07) is 0. The first-order valence-electron chi connectivity index (χ1n) is 6.11. The molecule has 0 bridgehead atoms. The molecule has 0 saturated heterocycles. The molecule has 0 atom stereocenters. The maximum absolute atomic E-state index is 11.4. The van der Waals surface area contributed by atoms with Crippen LogP contribution in [0.5, 0.6) is 0 Å². The van der Waals surface area contributed by atoms with Crippen molar-refractivity contribution in [2.75, 3.05) is 0 Å². The van der Waals surface area contributed by atoms with E-state index in [1.54, 1.807) is 0 Å². The normalized spacial score (nSPS) is 11.9. The van der Waals surface area contributed by atoms with Gasteiger partial charge in [0, 0.05) is 11.3 Å². The molecule has 1 N–H and O–H groups in total. The van der Waals surface area contributed by atoms with E-state index in [0.29, 0.717) is 17.8 Å². The van der Waals surface area contributed by atoms with Crippen LogP contribution in [0, 0.1) is 0 Å². The maximum atomic E-state index is 11.4. The van der Waals surface area contributed by atoms with E-state index in [2.05, 4.69) is 0 Å². The van der Waals surface area contributed by atoms with Crippen LogP contribution in [0.4, 0.5) is 0 Å². The molecule has 0 unspecified atom stereocenters. The molecule has 0 fully saturated rings. The number of hydrogen-bond donors (Lipinski definition) is 1. The van der Waals surface area contributed by atoms with E-state index in [0.717, 1.165) is 6.42 Å². The van der Waals surface area contributed by atoms with Crippen molar-refractivity contribution in [3.63, 3.8) is 0 Å². The van der Waals surface area contributed by atoms with Gasteiger partial charge in [-0.1, -0.05) is 34.6 Å². The number of carboxylic acids is 1. The molecule has 0 amide bonds. The second-order valence-electron chi connectivity index (χ2n) is 5.40. The van der Waals surface area contributed by atoms with Gasteiger partial charge in [0.2, 0.25) is 0 Å². The van der Waals surface area contributed by atoms with Crippen molar-refractivity contribution in [3.8, 4) is 0 Å². The summed E-state index contributed by atoms with van der Waals surface area (Å²) in [5.41, 5.74) is -0.215. The van der Waals surface area contributed by atoms with Crippen LogP contribution in [0.25, 0.3) is 0 Å². The smallest absolute Gasteiger partial charge is 0.340 e. The molecular weight excluding hydrogens is 232 g/mol. The molecule has 1 aromatic heterocycles. The lowest BCUT2D eigenvalue weighted by molar-refractivity contribution is 0.0689. The molecule has 0 aliphatic heterocycles. The Morgan fingerprint density at radius 3 is 2.33 bits per heavy atom. The predicted octanol–water partition coefficient (Wildman–Crippen LogP) is 3.60. The monoisotopic (exact) mass is 252 g/mol. The molecule has 1 heterocycles. The molecule has 0 spiro atoms. The molecule has 0 aromatic carbocycles. The van der Waals surface area contributed by atoms with Gasteiger partial charge in [0.05, 0.1) is 5.56 Å². The van der Waals surface area contributed by atoms with Gasteiger partial charge in [-0.3, -0.25) is 4.79 Å². The molecule has 1 aromatic rings. The molecule has 1 rings (SSSR count). The van der Waals surface area contributed by atoms with Crippen molar-refractivity contribution < 1.29 is 19.1 Å². The number of hydrogen-bond acceptors (Lipinski definition) is 3. The van der Waals surface area contributed by atoms with Gasteiger partial charge in [-0.2, -0.15) is 0 Å². The third kappa shape index (κ3) is 2.33. The van der Waals surface area contributed by atoms with Crippen LogP contribution in [0.3, 0.4) is 0 Å². The standard InChI is InChI=1S/C14H20O4/c1-6-14(4,5)12-10(13(16)17)9(7-15)11(18-12)8(2)3/h7-8H,6H2,1-5H3,(H,16,17). The number of carboxylic acid groups (broad SMARTS) is 1. The third-order valence-electron chi connectivity index (χ3n) is 3.33. The Morgan fingerprint density at radius 2 is 2.00 bits per heavy atom. The quantitative estimate of drug-likeness (QED) is 0.813. The lowest BCUT2D eigenvalue weighted by Crippen LogP contribution is -2.18. The number of aromatic carboxylic acids is 1. The Morgan fingerprint density at radius 1 is 1.44 bits per heavy atom. The van der Waals surface area contributed by atoms with Crippen molar-refractivity contribution in [1.29, 1.82) is 0 Å². The van der Waals surface area contributed by atoms with Crippen LogP contribution < -0.4 is 0 Å². The van der Waals surface area contributed by atoms with Crippen LogP contribution in [-0.4, -0.2) is 17.4 Å². The van der Waals surface area contributed by atoms with E-state index in [9.17, 15) is 14.7 Å². The lowest BCUT2D eigenvalue weighted by Gasteiger charge is -2.20. The SMILES string of the molecule is CCC(C)(C)c1oc(C(C)C)c(C=O)c1C(=O)O. The molecule has 4 nitrogen and oxygen atoms in total. The number of carbonyl (C=O) groups is 2. The van der Waals surface area contributed by atoms with Crippen LogP contribution in [-0.2, 0) is 5.41 Å². The minimum Gasteiger partial charge on any atom is -0.478 e. The van der Waals surface area contributed by atoms with Gasteiger partial charge < -0.3 is 9.52 Å². The lowest BCUT2D eigenvalue weighted by atomic mass is 9.84. The maximum Gasteiger partial charge on any atom is 0.340 e. The van der Waals surface area contributed by atoms with E-state index < -0.39 is 11.4 Å². The summed E-state index contributed by atoms with van der Waals surface area (Å²) < 4.78 is 5.70. The van der Waals surface area contributed by atoms with E-state index in [-0.39, 0.29) is 17.0 Å². The van der Waals surface area contributed by atoms with Gasteiger partial charge in [0.15, 0.2) is 6.29 Å². The summed E-state index contributed by atoms with van der Waals surface area (Å²) in [6.07, 6.45) is 1.31. The van der Waals surface area contributed by atoms with Crippen molar-refractivity contribution in [1.82, 2.24) is 0 Å². The van der Waals surface area contributed by atoms with E-state index in [1.807, 2.05) is 34.6 Å². The van der Waals surface area contributed by atoms with Gasteiger partial charge in [-0.15, -0.1) is 0 Å². The Hall–Kier alpha value is -1.58. The minimum absolute atomic E-state index is 0.0144. The fraction of sp³-hybridized carbons (Fsp3) is 0.571. The second kappa shape index (κ2) is 4.96. The summed E-state index contributed by atoms with van der Waals surface area (Å²) in [7, 11) is 0. The third-order valence-corrected chi connectivity index (χ3v) is 3.33. The first-order chi connectivity index (χ1) is 8.26. The summed E-state index contributed by atoms with van der Waals surface area (Å²) >= 11 is 0. The Kier molecular flexibility index (Phi) is 3.99. The average Bonchev–Trinajstić information content (AvgIpc) is 2.68. The molecule has 0 saturated carbocycles. The zero-order valence-corrected chi connectivity index (χ0v) is 11.5. The molecule has 0 aliphatic rings. The van der Waals surface area contributed by atoms with Crippen molar-refractivity contribution >= 4 is 12.3 Å². The molecule has 0 radical (unpaired) electrons. The van der Waals surface area contributed by atoms with Gasteiger partial charge in [-0.25, -0.2) is 4.79 Å². The molecule has 18 heavy (non-hydrogen) atoms.